The molecule has 2 aliphatic heterocycles. The third-order valence-corrected chi connectivity index (χ3v) is 9.14. The molecule has 0 radical (unpaired) electrons. The van der Waals surface area contributed by atoms with Crippen molar-refractivity contribution >= 4 is 23.8 Å². The number of hydrogen-bond donors (Lipinski definition) is 4. The molecule has 0 saturated carbocycles. The fourth-order valence-electron chi connectivity index (χ4n) is 6.41. The van der Waals surface area contributed by atoms with E-state index in [1.807, 2.05) is 48.5 Å². The molecule has 2 aliphatic rings. The molecule has 14 N–H and O–H groups in total. The van der Waals surface area contributed by atoms with Crippen molar-refractivity contribution in [2.24, 2.45) is 0 Å². The number of aliphatic carboxylic acids is 2. The number of hydrogen-bond acceptors (Lipinski definition) is 8. The maximum Gasteiger partial charge on any atom is 0.281 e. The summed E-state index contributed by atoms with van der Waals surface area (Å²) in [5.41, 5.74) is 13.3. The van der Waals surface area contributed by atoms with Crippen LogP contribution in [-0.2, 0) is 58.0 Å². The lowest BCUT2D eigenvalue weighted by Gasteiger charge is -2.38. The summed E-state index contributed by atoms with van der Waals surface area (Å²) in [6.45, 7) is 0.491. The molecule has 0 bridgehead atoms. The number of aromatic hydroxyl groups is 2. The monoisotopic (exact) mass is 734 g/mol. The van der Waals surface area contributed by atoms with Crippen LogP contribution in [0.5, 0.6) is 11.5 Å². The third kappa shape index (κ3) is 10.6. The molecule has 15 nitrogen and oxygen atoms in total. The summed E-state index contributed by atoms with van der Waals surface area (Å²) in [6, 6.07) is 24.9. The smallest absolute Gasteiger partial charge is 0.281 e. The predicted octanol–water partition coefficient (Wildman–Crippen LogP) is -3.98. The lowest BCUT2D eigenvalue weighted by molar-refractivity contribution is -0.406. The Morgan fingerprint density at radius 1 is 0.566 bits per heavy atom. The Morgan fingerprint density at radius 2 is 0.868 bits per heavy atom. The zero-order valence-corrected chi connectivity index (χ0v) is 28.9. The number of rotatable bonds is 8. The average molecular weight is 735 g/mol. The standard InChI is InChI=1S/2C19H20N2O4.3H2O/c2*20-16(9-12-5-7-15(22)8-6-12)18(23)21-11-14-4-2-1-3-13(14)10-17(21)19(24)25;;;/h2*1-8,16-17,22H,9-11,20H2,(H,24,25);3*1H2/t2*16-,17+;;;/m00.../s1. The highest BCUT2D eigenvalue weighted by molar-refractivity contribution is 5.87. The fraction of sp³-hybridized carbons (Fsp3) is 0.263. The van der Waals surface area contributed by atoms with Gasteiger partial charge < -0.3 is 67.7 Å². The van der Waals surface area contributed by atoms with Crippen LogP contribution in [0.4, 0.5) is 0 Å². The number of carbonyl (C=O) groups is 4. The number of phenolic OH excluding ortho intramolecular Hbond substituents is 2. The number of quaternary nitrogens is 2. The average Bonchev–Trinajstić information content (AvgIpc) is 3.11. The van der Waals surface area contributed by atoms with Crippen molar-refractivity contribution in [1.82, 2.24) is 9.80 Å². The first kappa shape index (κ1) is 43.3. The molecular weight excluding hydrogens is 688 g/mol. The minimum atomic E-state index is -1.25. The SMILES string of the molecule is O.O.O.[NH3+][C@@H](Cc1ccc(O)cc1)C(=O)N1Cc2ccccc2C[C@@H]1C(=O)[O-].[NH3+][C@@H](Cc1ccc(O)cc1)C(=O)N1Cc2ccccc2C[C@@H]1C(=O)[O-]. The number of amides is 2. The number of phenols is 2. The first-order valence-electron chi connectivity index (χ1n) is 16.3. The van der Waals surface area contributed by atoms with Gasteiger partial charge in [0.15, 0.2) is 12.1 Å². The van der Waals surface area contributed by atoms with Crippen LogP contribution in [0.1, 0.15) is 33.4 Å². The van der Waals surface area contributed by atoms with E-state index in [1.54, 1.807) is 48.5 Å². The molecule has 0 spiro atoms. The Morgan fingerprint density at radius 3 is 1.17 bits per heavy atom. The van der Waals surface area contributed by atoms with E-state index in [9.17, 15) is 39.6 Å². The van der Waals surface area contributed by atoms with Crippen molar-refractivity contribution in [3.8, 4) is 11.5 Å². The van der Waals surface area contributed by atoms with Crippen LogP contribution >= 0.6 is 0 Å². The topological polar surface area (TPSA) is 311 Å². The zero-order chi connectivity index (χ0) is 35.9. The first-order valence-corrected chi connectivity index (χ1v) is 16.3. The third-order valence-electron chi connectivity index (χ3n) is 9.14. The summed E-state index contributed by atoms with van der Waals surface area (Å²) in [7, 11) is 0. The maximum absolute atomic E-state index is 12.8. The largest absolute Gasteiger partial charge is 0.548 e. The summed E-state index contributed by atoms with van der Waals surface area (Å²) in [6.07, 6.45) is 1.24. The molecular formula is C38H46N4O11. The van der Waals surface area contributed by atoms with E-state index >= 15 is 0 Å². The molecule has 0 saturated heterocycles. The Bertz CT molecular complexity index is 1720. The number of carboxylic acid groups (broad SMARTS) is 2. The van der Waals surface area contributed by atoms with Crippen LogP contribution in [0.15, 0.2) is 97.1 Å². The van der Waals surface area contributed by atoms with Crippen molar-refractivity contribution in [2.45, 2.75) is 62.9 Å². The molecule has 0 aromatic heterocycles. The van der Waals surface area contributed by atoms with E-state index in [1.165, 1.54) is 9.80 Å². The Balaban J connectivity index is 0.000000347. The second-order valence-electron chi connectivity index (χ2n) is 12.7. The van der Waals surface area contributed by atoms with Gasteiger partial charge in [0.05, 0.1) is 24.0 Å². The minimum absolute atomic E-state index is 0. The van der Waals surface area contributed by atoms with Crippen LogP contribution in [0.3, 0.4) is 0 Å². The van der Waals surface area contributed by atoms with Gasteiger partial charge >= 0.3 is 0 Å². The molecule has 0 unspecified atom stereocenters. The van der Waals surface area contributed by atoms with Crippen LogP contribution in [-0.4, -0.2) is 84.4 Å². The van der Waals surface area contributed by atoms with Crippen molar-refractivity contribution < 1.29 is 67.5 Å². The molecule has 2 amide bonds. The number of carbonyl (C=O) groups excluding carboxylic acids is 4. The highest BCUT2D eigenvalue weighted by Gasteiger charge is 2.36. The Labute approximate surface area is 305 Å². The molecule has 6 rings (SSSR count). The minimum Gasteiger partial charge on any atom is -0.548 e. The number of fused-ring (bicyclic) bond motifs is 2. The summed E-state index contributed by atoms with van der Waals surface area (Å²) in [4.78, 5) is 51.4. The maximum atomic E-state index is 12.8. The van der Waals surface area contributed by atoms with Crippen molar-refractivity contribution in [3.63, 3.8) is 0 Å². The van der Waals surface area contributed by atoms with Gasteiger partial charge in [0.25, 0.3) is 11.8 Å². The van der Waals surface area contributed by atoms with E-state index < -0.39 is 36.1 Å². The van der Waals surface area contributed by atoms with Gasteiger partial charge in [-0.25, -0.2) is 0 Å². The molecule has 15 heteroatoms. The lowest BCUT2D eigenvalue weighted by atomic mass is 9.93. The van der Waals surface area contributed by atoms with Gasteiger partial charge in [-0.2, -0.15) is 0 Å². The van der Waals surface area contributed by atoms with Crippen molar-refractivity contribution in [1.29, 1.82) is 0 Å². The summed E-state index contributed by atoms with van der Waals surface area (Å²) < 4.78 is 0. The Kier molecular flexibility index (Phi) is 15.6. The number of benzene rings is 4. The molecule has 4 aromatic carbocycles. The predicted molar refractivity (Wildman–Crippen MR) is 187 cm³/mol. The van der Waals surface area contributed by atoms with E-state index in [0.29, 0.717) is 12.8 Å². The van der Waals surface area contributed by atoms with E-state index in [-0.39, 0.29) is 65.7 Å². The molecule has 4 atom stereocenters. The fourth-order valence-corrected chi connectivity index (χ4v) is 6.41. The normalized spacial score (nSPS) is 16.6. The highest BCUT2D eigenvalue weighted by atomic mass is 16.4. The first-order chi connectivity index (χ1) is 23.9. The van der Waals surface area contributed by atoms with Gasteiger partial charge in [-0.3, -0.25) is 9.59 Å². The Hall–Kier alpha value is -5.84. The number of nitrogens with zero attached hydrogens (tertiary/aromatic N) is 2. The summed E-state index contributed by atoms with van der Waals surface area (Å²) in [5, 5.41) is 41.7. The van der Waals surface area contributed by atoms with Crippen LogP contribution < -0.4 is 21.7 Å². The zero-order valence-electron chi connectivity index (χ0n) is 28.9. The van der Waals surface area contributed by atoms with Gasteiger partial charge in [-0.1, -0.05) is 72.8 Å². The van der Waals surface area contributed by atoms with E-state index in [4.69, 9.17) is 0 Å². The molecule has 0 fully saturated rings. The van der Waals surface area contributed by atoms with Crippen LogP contribution in [0, 0.1) is 0 Å². The van der Waals surface area contributed by atoms with Gasteiger partial charge in [-0.05, 0) is 70.5 Å². The molecule has 284 valence electrons. The molecule has 0 aliphatic carbocycles. The van der Waals surface area contributed by atoms with E-state index in [0.717, 1.165) is 33.4 Å². The summed E-state index contributed by atoms with van der Waals surface area (Å²) in [5.74, 6) is -2.81. The van der Waals surface area contributed by atoms with Gasteiger partial charge in [0, 0.05) is 25.9 Å². The van der Waals surface area contributed by atoms with Crippen molar-refractivity contribution in [2.75, 3.05) is 0 Å². The number of carboxylic acids is 2. The summed E-state index contributed by atoms with van der Waals surface area (Å²) >= 11 is 0. The van der Waals surface area contributed by atoms with Crippen LogP contribution in [0.2, 0.25) is 0 Å². The highest BCUT2D eigenvalue weighted by Crippen LogP contribution is 2.25. The van der Waals surface area contributed by atoms with Gasteiger partial charge in [0.2, 0.25) is 0 Å². The second-order valence-corrected chi connectivity index (χ2v) is 12.7. The quantitative estimate of drug-likeness (QED) is 0.138. The van der Waals surface area contributed by atoms with E-state index in [2.05, 4.69) is 11.5 Å². The van der Waals surface area contributed by atoms with Crippen molar-refractivity contribution in [3.05, 3.63) is 130 Å². The lowest BCUT2D eigenvalue weighted by Crippen LogP contribution is -2.70. The molecule has 2 heterocycles. The van der Waals surface area contributed by atoms with Gasteiger partial charge in [-0.15, -0.1) is 0 Å². The molecule has 4 aromatic rings. The second kappa shape index (κ2) is 19.1. The van der Waals surface area contributed by atoms with Crippen LogP contribution in [0.25, 0.3) is 0 Å². The van der Waals surface area contributed by atoms with Gasteiger partial charge in [0.1, 0.15) is 11.5 Å². The molecule has 53 heavy (non-hydrogen) atoms.